The third-order valence-corrected chi connectivity index (χ3v) is 2.28. The molecule has 0 saturated carbocycles. The van der Waals surface area contributed by atoms with E-state index in [9.17, 15) is 0 Å². The van der Waals surface area contributed by atoms with E-state index in [2.05, 4.69) is 6.58 Å². The van der Waals surface area contributed by atoms with E-state index >= 15 is 0 Å². The van der Waals surface area contributed by atoms with Crippen molar-refractivity contribution in [3.05, 3.63) is 43.0 Å². The molecule has 1 aromatic rings. The molecule has 2 nitrogen and oxygen atoms in total. The predicted octanol–water partition coefficient (Wildman–Crippen LogP) is 3.05. The maximum Gasteiger partial charge on any atom is 0.133 e. The first kappa shape index (κ1) is 11.8. The smallest absolute Gasteiger partial charge is 0.133 e. The second-order valence-electron chi connectivity index (χ2n) is 3.91. The summed E-state index contributed by atoms with van der Waals surface area (Å²) >= 11 is 0. The molecule has 0 heterocycles. The monoisotopic (exact) mass is 206 g/mol. The predicted molar refractivity (Wildman–Crippen MR) is 62.1 cm³/mol. The van der Waals surface area contributed by atoms with Gasteiger partial charge in [0.1, 0.15) is 17.5 Å². The van der Waals surface area contributed by atoms with E-state index in [4.69, 9.17) is 9.47 Å². The van der Waals surface area contributed by atoms with Crippen molar-refractivity contribution in [3.63, 3.8) is 0 Å². The highest BCUT2D eigenvalue weighted by Gasteiger charge is 2.29. The molecule has 2 heteroatoms. The van der Waals surface area contributed by atoms with Gasteiger partial charge in [-0.25, -0.2) is 0 Å². The number of hydrogen-bond acceptors (Lipinski definition) is 2. The van der Waals surface area contributed by atoms with E-state index < -0.39 is 5.60 Å². The van der Waals surface area contributed by atoms with Gasteiger partial charge in [0, 0.05) is 7.11 Å². The number of methoxy groups -OCH3 is 1. The fraction of sp³-hybridized carbons (Fsp3) is 0.385. The zero-order chi connectivity index (χ0) is 11.3. The second-order valence-corrected chi connectivity index (χ2v) is 3.91. The van der Waals surface area contributed by atoms with Gasteiger partial charge < -0.3 is 9.47 Å². The van der Waals surface area contributed by atoms with Gasteiger partial charge in [-0.2, -0.15) is 0 Å². The number of hydrogen-bond donors (Lipinski definition) is 0. The van der Waals surface area contributed by atoms with E-state index in [1.165, 1.54) is 0 Å². The first-order chi connectivity index (χ1) is 7.10. The fourth-order valence-corrected chi connectivity index (χ4v) is 1.51. The Hall–Kier alpha value is -1.28. The summed E-state index contributed by atoms with van der Waals surface area (Å²) in [6.45, 7) is 7.70. The second kappa shape index (κ2) is 4.99. The van der Waals surface area contributed by atoms with Gasteiger partial charge >= 0.3 is 0 Å². The van der Waals surface area contributed by atoms with Crippen LogP contribution in [0.15, 0.2) is 43.0 Å². The molecule has 0 spiro atoms. The average Bonchev–Trinajstić information content (AvgIpc) is 2.19. The third-order valence-electron chi connectivity index (χ3n) is 2.28. The Morgan fingerprint density at radius 2 is 1.87 bits per heavy atom. The molecule has 1 rings (SSSR count). The summed E-state index contributed by atoms with van der Waals surface area (Å²) in [5.74, 6) is 0.839. The van der Waals surface area contributed by atoms with Crippen LogP contribution in [0.1, 0.15) is 13.8 Å². The lowest BCUT2D eigenvalue weighted by Crippen LogP contribution is -2.41. The van der Waals surface area contributed by atoms with Crippen molar-refractivity contribution in [1.29, 1.82) is 0 Å². The molecule has 15 heavy (non-hydrogen) atoms. The number of rotatable bonds is 5. The van der Waals surface area contributed by atoms with Crippen LogP contribution in [0.2, 0.25) is 0 Å². The Kier molecular flexibility index (Phi) is 3.92. The molecule has 1 aromatic carbocycles. The van der Waals surface area contributed by atoms with Gasteiger partial charge in [0.15, 0.2) is 0 Å². The van der Waals surface area contributed by atoms with Gasteiger partial charge in [0.2, 0.25) is 0 Å². The largest absolute Gasteiger partial charge is 0.485 e. The fourth-order valence-electron chi connectivity index (χ4n) is 1.51. The van der Waals surface area contributed by atoms with E-state index in [0.29, 0.717) is 0 Å². The Morgan fingerprint density at radius 3 is 2.33 bits per heavy atom. The quantitative estimate of drug-likeness (QED) is 0.689. The molecule has 0 aliphatic carbocycles. The highest BCUT2D eigenvalue weighted by molar-refractivity contribution is 5.22. The molecule has 1 unspecified atom stereocenters. The highest BCUT2D eigenvalue weighted by Crippen LogP contribution is 2.22. The standard InChI is InChI=1S/C13H18O2/c1-5-12(14-4)13(2,3)15-11-9-7-6-8-10-11/h5-10,12H,1H2,2-4H3. The van der Waals surface area contributed by atoms with Crippen molar-refractivity contribution in [2.75, 3.05) is 7.11 Å². The first-order valence-electron chi connectivity index (χ1n) is 4.99. The van der Waals surface area contributed by atoms with E-state index in [1.807, 2.05) is 44.2 Å². The van der Waals surface area contributed by atoms with E-state index in [1.54, 1.807) is 13.2 Å². The van der Waals surface area contributed by atoms with Gasteiger partial charge in [-0.05, 0) is 26.0 Å². The molecule has 0 aliphatic rings. The number of ether oxygens (including phenoxy) is 2. The summed E-state index contributed by atoms with van der Waals surface area (Å²) < 4.78 is 11.1. The Bertz CT molecular complexity index is 304. The Labute approximate surface area is 91.5 Å². The van der Waals surface area contributed by atoms with Crippen molar-refractivity contribution in [2.24, 2.45) is 0 Å². The van der Waals surface area contributed by atoms with Crippen molar-refractivity contribution in [3.8, 4) is 5.75 Å². The van der Waals surface area contributed by atoms with Crippen LogP contribution in [-0.4, -0.2) is 18.8 Å². The van der Waals surface area contributed by atoms with Crippen LogP contribution in [0.4, 0.5) is 0 Å². The summed E-state index contributed by atoms with van der Waals surface area (Å²) in [6, 6.07) is 9.71. The molecular weight excluding hydrogens is 188 g/mol. The molecule has 0 aromatic heterocycles. The minimum absolute atomic E-state index is 0.127. The number of para-hydroxylation sites is 1. The normalized spacial score (nSPS) is 13.3. The van der Waals surface area contributed by atoms with E-state index in [-0.39, 0.29) is 6.10 Å². The van der Waals surface area contributed by atoms with Crippen LogP contribution in [0, 0.1) is 0 Å². The van der Waals surface area contributed by atoms with Crippen LogP contribution in [0.25, 0.3) is 0 Å². The molecule has 0 amide bonds. The lowest BCUT2D eigenvalue weighted by atomic mass is 10.0. The summed E-state index contributed by atoms with van der Waals surface area (Å²) in [7, 11) is 1.66. The molecule has 0 radical (unpaired) electrons. The molecule has 0 bridgehead atoms. The molecular formula is C13H18O2. The molecule has 0 N–H and O–H groups in total. The lowest BCUT2D eigenvalue weighted by Gasteiger charge is -2.32. The lowest BCUT2D eigenvalue weighted by molar-refractivity contribution is -0.0262. The Morgan fingerprint density at radius 1 is 1.27 bits per heavy atom. The maximum absolute atomic E-state index is 5.85. The molecule has 0 fully saturated rings. The van der Waals surface area contributed by atoms with Crippen LogP contribution in [0.3, 0.4) is 0 Å². The van der Waals surface area contributed by atoms with Crippen molar-refractivity contribution >= 4 is 0 Å². The van der Waals surface area contributed by atoms with Gasteiger partial charge in [-0.3, -0.25) is 0 Å². The van der Waals surface area contributed by atoms with E-state index in [0.717, 1.165) is 5.75 Å². The van der Waals surface area contributed by atoms with Crippen molar-refractivity contribution in [2.45, 2.75) is 25.6 Å². The minimum atomic E-state index is -0.419. The topological polar surface area (TPSA) is 18.5 Å². The van der Waals surface area contributed by atoms with Gasteiger partial charge in [0.25, 0.3) is 0 Å². The number of benzene rings is 1. The van der Waals surface area contributed by atoms with Crippen LogP contribution < -0.4 is 4.74 Å². The Balaban J connectivity index is 2.75. The third kappa shape index (κ3) is 3.10. The molecule has 82 valence electrons. The van der Waals surface area contributed by atoms with Crippen LogP contribution in [-0.2, 0) is 4.74 Å². The van der Waals surface area contributed by atoms with Crippen LogP contribution in [0.5, 0.6) is 5.75 Å². The SMILES string of the molecule is C=CC(OC)C(C)(C)Oc1ccccc1. The maximum atomic E-state index is 5.85. The van der Waals surface area contributed by atoms with Crippen molar-refractivity contribution < 1.29 is 9.47 Å². The minimum Gasteiger partial charge on any atom is -0.485 e. The summed E-state index contributed by atoms with van der Waals surface area (Å²) in [4.78, 5) is 0. The van der Waals surface area contributed by atoms with Gasteiger partial charge in [-0.1, -0.05) is 24.3 Å². The first-order valence-corrected chi connectivity index (χ1v) is 4.99. The molecule has 0 aliphatic heterocycles. The summed E-state index contributed by atoms with van der Waals surface area (Å²) in [6.07, 6.45) is 1.63. The zero-order valence-electron chi connectivity index (χ0n) is 9.57. The van der Waals surface area contributed by atoms with Gasteiger partial charge in [-0.15, -0.1) is 6.58 Å². The van der Waals surface area contributed by atoms with Crippen molar-refractivity contribution in [1.82, 2.24) is 0 Å². The summed E-state index contributed by atoms with van der Waals surface area (Å²) in [5.41, 5.74) is -0.419. The average molecular weight is 206 g/mol. The summed E-state index contributed by atoms with van der Waals surface area (Å²) in [5, 5.41) is 0. The highest BCUT2D eigenvalue weighted by atomic mass is 16.5. The molecule has 1 atom stereocenters. The molecule has 0 saturated heterocycles. The van der Waals surface area contributed by atoms with Crippen LogP contribution >= 0.6 is 0 Å². The van der Waals surface area contributed by atoms with Gasteiger partial charge in [0.05, 0.1) is 0 Å². The zero-order valence-corrected chi connectivity index (χ0v) is 9.57.